The fraction of sp³-hybridized carbons (Fsp3) is 0.174. The van der Waals surface area contributed by atoms with Crippen LogP contribution in [0.2, 0.25) is 0 Å². The van der Waals surface area contributed by atoms with Crippen molar-refractivity contribution in [3.8, 4) is 22.9 Å². The number of hydrogen-bond donors (Lipinski definition) is 1. The number of nitrogens with one attached hydrogen (secondary N) is 1. The zero-order valence-electron chi connectivity index (χ0n) is 17.8. The summed E-state index contributed by atoms with van der Waals surface area (Å²) in [4.78, 5) is 38.3. The summed E-state index contributed by atoms with van der Waals surface area (Å²) in [6.07, 6.45) is 2.75. The zero-order valence-corrected chi connectivity index (χ0v) is 17.8. The van der Waals surface area contributed by atoms with Gasteiger partial charge in [0.2, 0.25) is 5.91 Å². The van der Waals surface area contributed by atoms with Gasteiger partial charge in [-0.15, -0.1) is 0 Å². The molecule has 0 fully saturated rings. The first-order valence-corrected chi connectivity index (χ1v) is 9.79. The van der Waals surface area contributed by atoms with Crippen LogP contribution in [0, 0.1) is 6.92 Å². The lowest BCUT2D eigenvalue weighted by Crippen LogP contribution is -2.28. The monoisotopic (exact) mass is 431 g/mol. The summed E-state index contributed by atoms with van der Waals surface area (Å²) >= 11 is 0. The summed E-state index contributed by atoms with van der Waals surface area (Å²) in [7, 11) is 3.03. The Hall–Kier alpha value is -4.27. The van der Waals surface area contributed by atoms with E-state index in [2.05, 4.69) is 20.3 Å². The average molecular weight is 431 g/mol. The quantitative estimate of drug-likeness (QED) is 0.500. The standard InChI is InChI=1S/C23H21N5O4/c1-14-4-6-15(7-5-14)21-24-11-17-22(27-21)25-13-28(23(17)30)12-20(29)26-18-9-8-16(31-2)10-19(18)32-3/h4-11,13H,12H2,1-3H3,(H,26,29). The Morgan fingerprint density at radius 3 is 2.56 bits per heavy atom. The first-order valence-electron chi connectivity index (χ1n) is 9.79. The van der Waals surface area contributed by atoms with Crippen molar-refractivity contribution in [2.45, 2.75) is 13.5 Å². The van der Waals surface area contributed by atoms with E-state index < -0.39 is 11.5 Å². The summed E-state index contributed by atoms with van der Waals surface area (Å²) in [6, 6.07) is 12.8. The minimum atomic E-state index is -0.408. The predicted molar refractivity (Wildman–Crippen MR) is 120 cm³/mol. The van der Waals surface area contributed by atoms with Gasteiger partial charge in [-0.3, -0.25) is 14.2 Å². The molecular formula is C23H21N5O4. The van der Waals surface area contributed by atoms with Gasteiger partial charge in [-0.2, -0.15) is 0 Å². The van der Waals surface area contributed by atoms with Crippen LogP contribution < -0.4 is 20.3 Å². The number of amides is 1. The van der Waals surface area contributed by atoms with Crippen molar-refractivity contribution in [2.75, 3.05) is 19.5 Å². The van der Waals surface area contributed by atoms with Gasteiger partial charge in [0, 0.05) is 17.8 Å². The number of aryl methyl sites for hydroxylation is 1. The van der Waals surface area contributed by atoms with Crippen molar-refractivity contribution in [1.82, 2.24) is 19.5 Å². The highest BCUT2D eigenvalue weighted by atomic mass is 16.5. The van der Waals surface area contributed by atoms with Crippen LogP contribution in [0.25, 0.3) is 22.4 Å². The third kappa shape index (κ3) is 4.27. The fourth-order valence-corrected chi connectivity index (χ4v) is 3.15. The van der Waals surface area contributed by atoms with Gasteiger partial charge in [-0.05, 0) is 19.1 Å². The lowest BCUT2D eigenvalue weighted by molar-refractivity contribution is -0.116. The lowest BCUT2D eigenvalue weighted by atomic mass is 10.1. The smallest absolute Gasteiger partial charge is 0.264 e. The Balaban J connectivity index is 1.56. The Kier molecular flexibility index (Phi) is 5.80. The molecule has 1 amide bonds. The molecular weight excluding hydrogens is 410 g/mol. The summed E-state index contributed by atoms with van der Waals surface area (Å²) in [6.45, 7) is 1.77. The van der Waals surface area contributed by atoms with Crippen LogP contribution >= 0.6 is 0 Å². The van der Waals surface area contributed by atoms with E-state index in [0.717, 1.165) is 11.1 Å². The first-order chi connectivity index (χ1) is 15.5. The highest BCUT2D eigenvalue weighted by Gasteiger charge is 2.13. The van der Waals surface area contributed by atoms with E-state index in [0.29, 0.717) is 23.0 Å². The maximum absolute atomic E-state index is 12.8. The second-order valence-corrected chi connectivity index (χ2v) is 7.09. The second kappa shape index (κ2) is 8.84. The number of anilines is 1. The van der Waals surface area contributed by atoms with Crippen molar-refractivity contribution in [3.63, 3.8) is 0 Å². The zero-order chi connectivity index (χ0) is 22.7. The van der Waals surface area contributed by atoms with Crippen LogP contribution in [0.4, 0.5) is 5.69 Å². The van der Waals surface area contributed by atoms with E-state index in [1.807, 2.05) is 31.2 Å². The Morgan fingerprint density at radius 2 is 1.84 bits per heavy atom. The Bertz CT molecular complexity index is 1350. The van der Waals surface area contributed by atoms with Crippen molar-refractivity contribution < 1.29 is 14.3 Å². The largest absolute Gasteiger partial charge is 0.497 e. The molecule has 0 spiro atoms. The summed E-state index contributed by atoms with van der Waals surface area (Å²) in [5.41, 5.74) is 2.29. The molecule has 32 heavy (non-hydrogen) atoms. The molecule has 4 rings (SSSR count). The molecule has 0 atom stereocenters. The summed E-state index contributed by atoms with van der Waals surface area (Å²) in [5.74, 6) is 1.11. The second-order valence-electron chi connectivity index (χ2n) is 7.09. The predicted octanol–water partition coefficient (Wildman–Crippen LogP) is 2.82. The minimum Gasteiger partial charge on any atom is -0.497 e. The van der Waals surface area contributed by atoms with Crippen LogP contribution in [0.1, 0.15) is 5.56 Å². The minimum absolute atomic E-state index is 0.226. The first kappa shape index (κ1) is 21.0. The van der Waals surface area contributed by atoms with Gasteiger partial charge in [-0.1, -0.05) is 29.8 Å². The third-order valence-electron chi connectivity index (χ3n) is 4.89. The van der Waals surface area contributed by atoms with Gasteiger partial charge in [0.15, 0.2) is 11.5 Å². The third-order valence-corrected chi connectivity index (χ3v) is 4.89. The number of fused-ring (bicyclic) bond motifs is 1. The van der Waals surface area contributed by atoms with Crippen LogP contribution in [-0.2, 0) is 11.3 Å². The van der Waals surface area contributed by atoms with Crippen LogP contribution in [0.5, 0.6) is 11.5 Å². The number of ether oxygens (including phenoxy) is 2. The van der Waals surface area contributed by atoms with Gasteiger partial charge in [-0.25, -0.2) is 15.0 Å². The molecule has 0 unspecified atom stereocenters. The molecule has 0 bridgehead atoms. The van der Waals surface area contributed by atoms with Crippen molar-refractivity contribution in [2.24, 2.45) is 0 Å². The molecule has 1 N–H and O–H groups in total. The van der Waals surface area contributed by atoms with Gasteiger partial charge in [0.25, 0.3) is 5.56 Å². The molecule has 2 heterocycles. The number of rotatable bonds is 6. The van der Waals surface area contributed by atoms with Crippen LogP contribution in [0.15, 0.2) is 59.8 Å². The highest BCUT2D eigenvalue weighted by Crippen LogP contribution is 2.29. The van der Waals surface area contributed by atoms with Crippen LogP contribution in [-0.4, -0.2) is 39.6 Å². The number of methoxy groups -OCH3 is 2. The van der Waals surface area contributed by atoms with Gasteiger partial charge in [0.05, 0.1) is 19.9 Å². The van der Waals surface area contributed by atoms with Crippen molar-refractivity contribution in [1.29, 1.82) is 0 Å². The van der Waals surface area contributed by atoms with Crippen LogP contribution in [0.3, 0.4) is 0 Å². The molecule has 2 aromatic carbocycles. The van der Waals surface area contributed by atoms with Gasteiger partial charge in [0.1, 0.15) is 29.8 Å². The number of nitrogens with zero attached hydrogens (tertiary/aromatic N) is 4. The van der Waals surface area contributed by atoms with E-state index in [9.17, 15) is 9.59 Å². The van der Waals surface area contributed by atoms with Gasteiger partial charge < -0.3 is 14.8 Å². The number of benzene rings is 2. The van der Waals surface area contributed by atoms with E-state index in [1.54, 1.807) is 25.3 Å². The fourth-order valence-electron chi connectivity index (χ4n) is 3.15. The number of carbonyl (C=O) groups excluding carboxylic acids is 1. The van der Waals surface area contributed by atoms with Crippen molar-refractivity contribution in [3.05, 3.63) is 70.9 Å². The lowest BCUT2D eigenvalue weighted by Gasteiger charge is -2.12. The molecule has 9 heteroatoms. The van der Waals surface area contributed by atoms with E-state index >= 15 is 0 Å². The van der Waals surface area contributed by atoms with Gasteiger partial charge >= 0.3 is 0 Å². The average Bonchev–Trinajstić information content (AvgIpc) is 2.81. The maximum atomic E-state index is 12.8. The van der Waals surface area contributed by atoms with Crippen molar-refractivity contribution >= 4 is 22.6 Å². The highest BCUT2D eigenvalue weighted by molar-refractivity contribution is 5.92. The molecule has 4 aromatic rings. The molecule has 9 nitrogen and oxygen atoms in total. The molecule has 162 valence electrons. The molecule has 0 aliphatic heterocycles. The SMILES string of the molecule is COc1ccc(NC(=O)Cn2cnc3nc(-c4ccc(C)cc4)ncc3c2=O)c(OC)c1. The number of hydrogen-bond acceptors (Lipinski definition) is 7. The Labute approximate surface area is 183 Å². The maximum Gasteiger partial charge on any atom is 0.264 e. The summed E-state index contributed by atoms with van der Waals surface area (Å²) in [5, 5.41) is 2.97. The Morgan fingerprint density at radius 1 is 1.06 bits per heavy atom. The molecule has 0 aliphatic rings. The van der Waals surface area contributed by atoms with E-state index in [-0.39, 0.29) is 17.6 Å². The summed E-state index contributed by atoms with van der Waals surface area (Å²) < 4.78 is 11.6. The van der Waals surface area contributed by atoms with E-state index in [4.69, 9.17) is 9.47 Å². The molecule has 0 saturated heterocycles. The normalized spacial score (nSPS) is 10.7. The number of carbonyl (C=O) groups is 1. The number of aromatic nitrogens is 4. The molecule has 2 aromatic heterocycles. The topological polar surface area (TPSA) is 108 Å². The molecule has 0 saturated carbocycles. The molecule has 0 aliphatic carbocycles. The van der Waals surface area contributed by atoms with E-state index in [1.165, 1.54) is 24.2 Å². The molecule has 0 radical (unpaired) electrons.